The molecule has 4 atom stereocenters. The summed E-state index contributed by atoms with van der Waals surface area (Å²) in [6.45, 7) is 4.00. The Labute approximate surface area is 117 Å². The summed E-state index contributed by atoms with van der Waals surface area (Å²) in [4.78, 5) is 26.5. The molecule has 1 aromatic rings. The number of rotatable bonds is 1. The van der Waals surface area contributed by atoms with Gasteiger partial charge in [0.2, 0.25) is 11.8 Å². The Kier molecular flexibility index (Phi) is 2.25. The summed E-state index contributed by atoms with van der Waals surface area (Å²) in [5, 5.41) is 0. The van der Waals surface area contributed by atoms with Gasteiger partial charge in [0, 0.05) is 0 Å². The SMILES string of the molecule is Cc1ccc(N2C(=O)[C@@H]3[C@@H](C2=O)[C@H]2C=C[C@@H]3O2)cc1C. The minimum atomic E-state index is -0.334. The van der Waals surface area contributed by atoms with Gasteiger partial charge in [0.15, 0.2) is 0 Å². The van der Waals surface area contributed by atoms with Crippen LogP contribution in [0.2, 0.25) is 0 Å². The van der Waals surface area contributed by atoms with E-state index < -0.39 is 0 Å². The predicted octanol–water partition coefficient (Wildman–Crippen LogP) is 1.75. The van der Waals surface area contributed by atoms with Crippen molar-refractivity contribution in [2.24, 2.45) is 11.8 Å². The number of anilines is 1. The van der Waals surface area contributed by atoms with Gasteiger partial charge in [-0.05, 0) is 37.1 Å². The van der Waals surface area contributed by atoms with Gasteiger partial charge < -0.3 is 4.74 Å². The van der Waals surface area contributed by atoms with Crippen LogP contribution in [0.3, 0.4) is 0 Å². The van der Waals surface area contributed by atoms with Crippen LogP contribution < -0.4 is 4.90 Å². The lowest BCUT2D eigenvalue weighted by atomic mass is 9.85. The second kappa shape index (κ2) is 3.79. The van der Waals surface area contributed by atoms with Crippen molar-refractivity contribution in [3.05, 3.63) is 41.5 Å². The first-order valence-electron chi connectivity index (χ1n) is 6.87. The minimum absolute atomic E-state index is 0.125. The van der Waals surface area contributed by atoms with Gasteiger partial charge in [0.1, 0.15) is 0 Å². The summed E-state index contributed by atoms with van der Waals surface area (Å²) < 4.78 is 5.63. The van der Waals surface area contributed by atoms with Crippen LogP contribution in [0, 0.1) is 25.7 Å². The molecular formula is C16H15NO3. The number of carbonyl (C=O) groups excluding carboxylic acids is 2. The lowest BCUT2D eigenvalue weighted by molar-refractivity contribution is -0.124. The van der Waals surface area contributed by atoms with Crippen LogP contribution in [0.5, 0.6) is 0 Å². The summed E-state index contributed by atoms with van der Waals surface area (Å²) in [5.74, 6) is -0.918. The lowest BCUT2D eigenvalue weighted by Crippen LogP contribution is -2.34. The highest BCUT2D eigenvalue weighted by Crippen LogP contribution is 2.46. The first kappa shape index (κ1) is 11.9. The second-order valence-corrected chi connectivity index (χ2v) is 5.78. The highest BCUT2D eigenvalue weighted by Gasteiger charge is 2.60. The van der Waals surface area contributed by atoms with E-state index in [0.717, 1.165) is 11.1 Å². The third kappa shape index (κ3) is 1.34. The zero-order valence-corrected chi connectivity index (χ0v) is 11.4. The van der Waals surface area contributed by atoms with E-state index >= 15 is 0 Å². The van der Waals surface area contributed by atoms with Gasteiger partial charge in [0.25, 0.3) is 0 Å². The molecule has 0 aromatic heterocycles. The van der Waals surface area contributed by atoms with Crippen molar-refractivity contribution in [1.29, 1.82) is 0 Å². The maximum Gasteiger partial charge on any atom is 0.240 e. The van der Waals surface area contributed by atoms with Gasteiger partial charge in [-0.2, -0.15) is 0 Å². The van der Waals surface area contributed by atoms with Crippen LogP contribution in [0.4, 0.5) is 5.69 Å². The van der Waals surface area contributed by atoms with Crippen molar-refractivity contribution in [3.63, 3.8) is 0 Å². The zero-order valence-electron chi connectivity index (χ0n) is 11.4. The van der Waals surface area contributed by atoms with Crippen molar-refractivity contribution in [2.45, 2.75) is 26.1 Å². The number of fused-ring (bicyclic) bond motifs is 5. The number of carbonyl (C=O) groups is 2. The molecule has 4 heteroatoms. The molecule has 1 aromatic carbocycles. The van der Waals surface area contributed by atoms with Crippen LogP contribution in [-0.2, 0) is 14.3 Å². The van der Waals surface area contributed by atoms with Gasteiger partial charge in [-0.1, -0.05) is 18.2 Å². The number of hydrogen-bond donors (Lipinski definition) is 0. The highest BCUT2D eigenvalue weighted by molar-refractivity contribution is 6.23. The molecule has 20 heavy (non-hydrogen) atoms. The van der Waals surface area contributed by atoms with Crippen LogP contribution in [-0.4, -0.2) is 24.0 Å². The Bertz CT molecular complexity index is 634. The molecule has 3 aliphatic rings. The summed E-state index contributed by atoms with van der Waals surface area (Å²) in [6.07, 6.45) is 3.36. The topological polar surface area (TPSA) is 46.6 Å². The van der Waals surface area contributed by atoms with E-state index in [0.29, 0.717) is 5.69 Å². The molecule has 2 amide bonds. The molecule has 4 nitrogen and oxygen atoms in total. The number of ether oxygens (including phenoxy) is 1. The number of imide groups is 1. The largest absolute Gasteiger partial charge is 0.365 e. The van der Waals surface area contributed by atoms with Crippen molar-refractivity contribution in [1.82, 2.24) is 0 Å². The Morgan fingerprint density at radius 3 is 2.10 bits per heavy atom. The van der Waals surface area contributed by atoms with E-state index in [2.05, 4.69) is 0 Å². The molecule has 0 N–H and O–H groups in total. The summed E-state index contributed by atoms with van der Waals surface area (Å²) in [6, 6.07) is 5.69. The standard InChI is InChI=1S/C16H15NO3/c1-8-3-4-10(7-9(8)2)17-15(18)13-11-5-6-12(20-11)14(13)16(17)19/h3-7,11-14H,1-2H3/t11-,12+,13-,14-/m0/s1. The van der Waals surface area contributed by atoms with Crippen LogP contribution in [0.25, 0.3) is 0 Å². The number of aryl methyl sites for hydroxylation is 2. The maximum absolute atomic E-state index is 12.6. The van der Waals surface area contributed by atoms with Crippen LogP contribution >= 0.6 is 0 Å². The first-order chi connectivity index (χ1) is 9.58. The normalized spacial score (nSPS) is 34.2. The van der Waals surface area contributed by atoms with Crippen molar-refractivity contribution < 1.29 is 14.3 Å². The zero-order chi connectivity index (χ0) is 14.0. The predicted molar refractivity (Wildman–Crippen MR) is 73.2 cm³/mol. The number of nitrogens with zero attached hydrogens (tertiary/aromatic N) is 1. The summed E-state index contributed by atoms with van der Waals surface area (Å²) in [5.41, 5.74) is 2.91. The third-order valence-electron chi connectivity index (χ3n) is 4.66. The molecule has 0 unspecified atom stereocenters. The highest BCUT2D eigenvalue weighted by atomic mass is 16.5. The Morgan fingerprint density at radius 2 is 1.55 bits per heavy atom. The van der Waals surface area contributed by atoms with Crippen molar-refractivity contribution in [2.75, 3.05) is 4.90 Å². The molecule has 2 bridgehead atoms. The first-order valence-corrected chi connectivity index (χ1v) is 6.87. The maximum atomic E-state index is 12.6. The molecule has 102 valence electrons. The molecule has 4 rings (SSSR count). The number of amides is 2. The van der Waals surface area contributed by atoms with Crippen molar-refractivity contribution in [3.8, 4) is 0 Å². The average molecular weight is 269 g/mol. The van der Waals surface area contributed by atoms with Gasteiger partial charge in [-0.15, -0.1) is 0 Å². The number of hydrogen-bond acceptors (Lipinski definition) is 3. The molecule has 2 fully saturated rings. The van der Waals surface area contributed by atoms with Crippen LogP contribution in [0.1, 0.15) is 11.1 Å². The molecule has 0 saturated carbocycles. The average Bonchev–Trinajstić information content (AvgIpc) is 3.08. The van der Waals surface area contributed by atoms with E-state index in [-0.39, 0.29) is 35.9 Å². The molecule has 0 aliphatic carbocycles. The third-order valence-corrected chi connectivity index (χ3v) is 4.66. The van der Waals surface area contributed by atoms with E-state index in [9.17, 15) is 9.59 Å². The fourth-order valence-corrected chi connectivity index (χ4v) is 3.42. The monoisotopic (exact) mass is 269 g/mol. The fourth-order valence-electron chi connectivity index (χ4n) is 3.42. The Hall–Kier alpha value is -1.94. The molecular weight excluding hydrogens is 254 g/mol. The molecule has 3 heterocycles. The smallest absolute Gasteiger partial charge is 0.240 e. The van der Waals surface area contributed by atoms with E-state index in [1.807, 2.05) is 44.2 Å². The minimum Gasteiger partial charge on any atom is -0.365 e. The summed E-state index contributed by atoms with van der Waals surface area (Å²) in [7, 11) is 0. The second-order valence-electron chi connectivity index (χ2n) is 5.78. The molecule has 2 saturated heterocycles. The van der Waals surface area contributed by atoms with Gasteiger partial charge in [-0.3, -0.25) is 9.59 Å². The van der Waals surface area contributed by atoms with E-state index in [1.165, 1.54) is 4.90 Å². The fraction of sp³-hybridized carbons (Fsp3) is 0.375. The Morgan fingerprint density at radius 1 is 0.950 bits per heavy atom. The summed E-state index contributed by atoms with van der Waals surface area (Å²) >= 11 is 0. The van der Waals surface area contributed by atoms with E-state index in [4.69, 9.17) is 4.74 Å². The number of benzene rings is 1. The van der Waals surface area contributed by atoms with E-state index in [1.54, 1.807) is 0 Å². The quantitative estimate of drug-likeness (QED) is 0.576. The van der Waals surface area contributed by atoms with Crippen molar-refractivity contribution >= 4 is 17.5 Å². The van der Waals surface area contributed by atoms with Gasteiger partial charge >= 0.3 is 0 Å². The molecule has 3 aliphatic heterocycles. The van der Waals surface area contributed by atoms with Gasteiger partial charge in [-0.25, -0.2) is 4.90 Å². The molecule has 0 radical (unpaired) electrons. The Balaban J connectivity index is 1.76. The van der Waals surface area contributed by atoms with Gasteiger partial charge in [0.05, 0.1) is 29.7 Å². The lowest BCUT2D eigenvalue weighted by Gasteiger charge is -2.18. The van der Waals surface area contributed by atoms with Crippen LogP contribution in [0.15, 0.2) is 30.4 Å². The molecule has 0 spiro atoms.